The van der Waals surface area contributed by atoms with E-state index in [9.17, 15) is 10.2 Å². The van der Waals surface area contributed by atoms with Gasteiger partial charge in [0.25, 0.3) is 0 Å². The molecular formula is C25H42O2. The molecule has 0 heterocycles. The fourth-order valence-electron chi connectivity index (χ4n) is 8.01. The molecule has 7 atom stereocenters. The summed E-state index contributed by atoms with van der Waals surface area (Å²) in [7, 11) is 0. The fraction of sp³-hybridized carbons (Fsp3) is 0.920. The molecule has 0 aliphatic heterocycles. The van der Waals surface area contributed by atoms with E-state index < -0.39 is 5.60 Å². The molecule has 2 nitrogen and oxygen atoms in total. The number of aliphatic hydroxyl groups excluding tert-OH is 1. The van der Waals surface area contributed by atoms with Gasteiger partial charge in [-0.25, -0.2) is 0 Å². The van der Waals surface area contributed by atoms with Crippen LogP contribution in [0.4, 0.5) is 0 Å². The Balaban J connectivity index is 1.49. The van der Waals surface area contributed by atoms with Crippen molar-refractivity contribution in [1.82, 2.24) is 0 Å². The van der Waals surface area contributed by atoms with Crippen molar-refractivity contribution in [3.8, 4) is 0 Å². The van der Waals surface area contributed by atoms with E-state index in [1.165, 1.54) is 51.4 Å². The van der Waals surface area contributed by atoms with Gasteiger partial charge in [-0.15, -0.1) is 0 Å². The van der Waals surface area contributed by atoms with Crippen molar-refractivity contribution in [2.24, 2.45) is 34.5 Å². The van der Waals surface area contributed by atoms with Crippen LogP contribution < -0.4 is 0 Å². The minimum atomic E-state index is -0.513. The van der Waals surface area contributed by atoms with Gasteiger partial charge in [0.2, 0.25) is 0 Å². The van der Waals surface area contributed by atoms with Crippen molar-refractivity contribution in [3.05, 3.63) is 11.6 Å². The largest absolute Gasteiger partial charge is 0.393 e. The standard InChI is InChI=1S/C25H42O2/c1-23(2,27)13-5-6-17-8-10-21-20-9-7-18-16-19(26)11-14-25(18,4)22(20)12-15-24(17,21)3/h7,17,19-22,26-27H,5-6,8-16H2,1-4H3. The van der Waals surface area contributed by atoms with Gasteiger partial charge >= 0.3 is 0 Å². The predicted octanol–water partition coefficient (Wildman–Crippen LogP) is 5.87. The van der Waals surface area contributed by atoms with Crippen molar-refractivity contribution in [2.45, 2.75) is 110 Å². The first kappa shape index (κ1) is 20.0. The van der Waals surface area contributed by atoms with Crippen LogP contribution in [0.2, 0.25) is 0 Å². The summed E-state index contributed by atoms with van der Waals surface area (Å²) in [5.74, 6) is 3.47. The Morgan fingerprint density at radius 3 is 2.59 bits per heavy atom. The minimum Gasteiger partial charge on any atom is -0.393 e. The maximum atomic E-state index is 10.2. The lowest BCUT2D eigenvalue weighted by Gasteiger charge is -2.58. The molecular weight excluding hydrogens is 332 g/mol. The molecule has 0 aromatic rings. The average molecular weight is 375 g/mol. The van der Waals surface area contributed by atoms with Gasteiger partial charge in [-0.2, -0.15) is 0 Å². The van der Waals surface area contributed by atoms with Crippen molar-refractivity contribution in [2.75, 3.05) is 0 Å². The number of rotatable bonds is 4. The third-order valence-electron chi connectivity index (χ3n) is 9.62. The number of fused-ring (bicyclic) bond motifs is 5. The van der Waals surface area contributed by atoms with Gasteiger partial charge in [-0.1, -0.05) is 31.9 Å². The molecule has 154 valence electrons. The Bertz CT molecular complexity index is 588. The highest BCUT2D eigenvalue weighted by Gasteiger charge is 2.58. The molecule has 0 spiro atoms. The summed E-state index contributed by atoms with van der Waals surface area (Å²) in [5, 5.41) is 20.2. The van der Waals surface area contributed by atoms with Crippen LogP contribution in [0.15, 0.2) is 11.6 Å². The first-order valence-corrected chi connectivity index (χ1v) is 11.7. The molecule has 7 unspecified atom stereocenters. The van der Waals surface area contributed by atoms with Crippen LogP contribution >= 0.6 is 0 Å². The van der Waals surface area contributed by atoms with E-state index in [-0.39, 0.29) is 6.10 Å². The Labute approximate surface area is 166 Å². The van der Waals surface area contributed by atoms with Crippen LogP contribution in [-0.4, -0.2) is 21.9 Å². The van der Waals surface area contributed by atoms with Gasteiger partial charge < -0.3 is 10.2 Å². The van der Waals surface area contributed by atoms with Crippen molar-refractivity contribution in [1.29, 1.82) is 0 Å². The van der Waals surface area contributed by atoms with Crippen LogP contribution in [-0.2, 0) is 0 Å². The van der Waals surface area contributed by atoms with Gasteiger partial charge in [0.1, 0.15) is 0 Å². The predicted molar refractivity (Wildman–Crippen MR) is 111 cm³/mol. The van der Waals surface area contributed by atoms with Crippen molar-refractivity contribution in [3.63, 3.8) is 0 Å². The van der Waals surface area contributed by atoms with Crippen LogP contribution in [0.1, 0.15) is 98.3 Å². The van der Waals surface area contributed by atoms with Gasteiger partial charge in [0.15, 0.2) is 0 Å². The molecule has 0 aromatic carbocycles. The van der Waals surface area contributed by atoms with Crippen molar-refractivity contribution >= 4 is 0 Å². The number of allylic oxidation sites excluding steroid dienone is 1. The van der Waals surface area contributed by atoms with E-state index in [1.807, 2.05) is 13.8 Å². The SMILES string of the molecule is CC(C)(O)CCCC1CCC2C3CC=C4CC(O)CCC4(C)C3CCC12C. The quantitative estimate of drug-likeness (QED) is 0.604. The molecule has 4 aliphatic rings. The van der Waals surface area contributed by atoms with Gasteiger partial charge in [0.05, 0.1) is 11.7 Å². The number of hydrogen-bond donors (Lipinski definition) is 2. The summed E-state index contributed by atoms with van der Waals surface area (Å²) in [6, 6.07) is 0. The highest BCUT2D eigenvalue weighted by molar-refractivity contribution is 5.25. The molecule has 0 radical (unpaired) electrons. The number of aliphatic hydroxyl groups is 2. The van der Waals surface area contributed by atoms with Crippen LogP contribution in [0.3, 0.4) is 0 Å². The molecule has 3 fully saturated rings. The molecule has 2 N–H and O–H groups in total. The zero-order valence-corrected chi connectivity index (χ0v) is 18.1. The molecule has 4 aliphatic carbocycles. The lowest BCUT2D eigenvalue weighted by Crippen LogP contribution is -2.50. The summed E-state index contributed by atoms with van der Waals surface area (Å²) >= 11 is 0. The highest BCUT2D eigenvalue weighted by atomic mass is 16.3. The number of hydrogen-bond acceptors (Lipinski definition) is 2. The summed E-state index contributed by atoms with van der Waals surface area (Å²) in [6.07, 6.45) is 15.9. The van der Waals surface area contributed by atoms with E-state index in [1.54, 1.807) is 5.57 Å². The zero-order valence-electron chi connectivity index (χ0n) is 18.1. The van der Waals surface area contributed by atoms with Crippen LogP contribution in [0, 0.1) is 34.5 Å². The second-order valence-electron chi connectivity index (χ2n) is 11.7. The Morgan fingerprint density at radius 1 is 1.07 bits per heavy atom. The first-order chi connectivity index (χ1) is 12.6. The Hall–Kier alpha value is -0.340. The Kier molecular flexibility index (Phi) is 5.08. The third kappa shape index (κ3) is 3.44. The normalized spacial score (nSPS) is 47.0. The molecule has 3 saturated carbocycles. The summed E-state index contributed by atoms with van der Waals surface area (Å²) in [6.45, 7) is 9.04. The van der Waals surface area contributed by atoms with Crippen molar-refractivity contribution < 1.29 is 10.2 Å². The first-order valence-electron chi connectivity index (χ1n) is 11.7. The fourth-order valence-corrected chi connectivity index (χ4v) is 8.01. The van der Waals surface area contributed by atoms with E-state index in [4.69, 9.17) is 0 Å². The van der Waals surface area contributed by atoms with Crippen LogP contribution in [0.5, 0.6) is 0 Å². The van der Waals surface area contributed by atoms with Gasteiger partial charge in [-0.3, -0.25) is 0 Å². The van der Waals surface area contributed by atoms with E-state index >= 15 is 0 Å². The van der Waals surface area contributed by atoms with Gasteiger partial charge in [-0.05, 0) is 113 Å². The molecule has 4 rings (SSSR count). The molecule has 27 heavy (non-hydrogen) atoms. The zero-order chi connectivity index (χ0) is 19.4. The van der Waals surface area contributed by atoms with E-state index in [2.05, 4.69) is 19.9 Å². The Morgan fingerprint density at radius 2 is 1.85 bits per heavy atom. The second-order valence-corrected chi connectivity index (χ2v) is 11.7. The molecule has 0 amide bonds. The highest BCUT2D eigenvalue weighted by Crippen LogP contribution is 2.66. The molecule has 2 heteroatoms. The average Bonchev–Trinajstić information content (AvgIpc) is 2.91. The maximum Gasteiger partial charge on any atom is 0.0591 e. The lowest BCUT2D eigenvalue weighted by molar-refractivity contribution is -0.0514. The molecule has 0 bridgehead atoms. The molecule has 0 saturated heterocycles. The third-order valence-corrected chi connectivity index (χ3v) is 9.62. The van der Waals surface area contributed by atoms with E-state index in [0.717, 1.165) is 42.9 Å². The summed E-state index contributed by atoms with van der Waals surface area (Å²) in [5.41, 5.74) is 1.96. The van der Waals surface area contributed by atoms with Gasteiger partial charge in [0, 0.05) is 0 Å². The maximum absolute atomic E-state index is 10.2. The van der Waals surface area contributed by atoms with E-state index in [0.29, 0.717) is 10.8 Å². The smallest absolute Gasteiger partial charge is 0.0591 e. The lowest BCUT2D eigenvalue weighted by atomic mass is 9.47. The summed E-state index contributed by atoms with van der Waals surface area (Å²) < 4.78 is 0. The molecule has 0 aromatic heterocycles. The minimum absolute atomic E-state index is 0.0960. The topological polar surface area (TPSA) is 40.5 Å². The monoisotopic (exact) mass is 374 g/mol. The van der Waals surface area contributed by atoms with Crippen LogP contribution in [0.25, 0.3) is 0 Å². The summed E-state index contributed by atoms with van der Waals surface area (Å²) in [4.78, 5) is 0. The second kappa shape index (κ2) is 6.87.